The van der Waals surface area contributed by atoms with E-state index in [0.29, 0.717) is 28.8 Å². The maximum Gasteiger partial charge on any atom is 0.339 e. The van der Waals surface area contributed by atoms with E-state index in [1.807, 2.05) is 45.0 Å². The first-order valence-electron chi connectivity index (χ1n) is 12.3. The van der Waals surface area contributed by atoms with Crippen LogP contribution in [-0.2, 0) is 25.6 Å². The number of esters is 2. The molecule has 0 aliphatic carbocycles. The number of nitrogens with zero attached hydrogens (tertiary/aromatic N) is 1. The third-order valence-electron chi connectivity index (χ3n) is 6.80. The van der Waals surface area contributed by atoms with Gasteiger partial charge >= 0.3 is 11.9 Å². The van der Waals surface area contributed by atoms with Crippen molar-refractivity contribution in [2.75, 3.05) is 32.1 Å². The minimum atomic E-state index is -0.497. The van der Waals surface area contributed by atoms with Gasteiger partial charge in [-0.15, -0.1) is 0 Å². The van der Waals surface area contributed by atoms with E-state index < -0.39 is 5.97 Å². The van der Waals surface area contributed by atoms with Crippen LogP contribution in [0.15, 0.2) is 48.5 Å². The Morgan fingerprint density at radius 3 is 2.54 bits per heavy atom. The summed E-state index contributed by atoms with van der Waals surface area (Å²) in [6.07, 6.45) is 2.24. The van der Waals surface area contributed by atoms with Gasteiger partial charge in [0, 0.05) is 5.56 Å². The fourth-order valence-electron chi connectivity index (χ4n) is 4.80. The summed E-state index contributed by atoms with van der Waals surface area (Å²) in [5.41, 5.74) is 2.68. The molecule has 35 heavy (non-hydrogen) atoms. The molecule has 7 heteroatoms. The highest BCUT2D eigenvalue weighted by molar-refractivity contribution is 6.02. The number of hydrogen-bond acceptors (Lipinski definition) is 5. The number of piperidine rings is 1. The zero-order valence-electron chi connectivity index (χ0n) is 21.2. The van der Waals surface area contributed by atoms with Gasteiger partial charge in [-0.3, -0.25) is 9.59 Å². The number of hydrogen-bond donors (Lipinski definition) is 1. The summed E-state index contributed by atoms with van der Waals surface area (Å²) in [5.74, 6) is -1.13. The van der Waals surface area contributed by atoms with Crippen LogP contribution in [0.3, 0.4) is 0 Å². The molecule has 1 amide bonds. The second kappa shape index (κ2) is 12.0. The average Bonchev–Trinajstić information content (AvgIpc) is 2.85. The largest absolute Gasteiger partial charge is 0.465 e. The molecule has 2 aromatic rings. The van der Waals surface area contributed by atoms with E-state index in [1.165, 1.54) is 7.11 Å². The first-order valence-corrected chi connectivity index (χ1v) is 12.3. The van der Waals surface area contributed by atoms with Crippen molar-refractivity contribution in [2.45, 2.75) is 52.7 Å². The monoisotopic (exact) mass is 481 g/mol. The van der Waals surface area contributed by atoms with E-state index >= 15 is 0 Å². The van der Waals surface area contributed by atoms with Crippen molar-refractivity contribution < 1.29 is 28.3 Å². The molecule has 0 bridgehead atoms. The molecule has 0 radical (unpaired) electrons. The van der Waals surface area contributed by atoms with Gasteiger partial charge in [-0.1, -0.05) is 49.4 Å². The number of benzene rings is 2. The van der Waals surface area contributed by atoms with Gasteiger partial charge in [0.1, 0.15) is 12.5 Å². The van der Waals surface area contributed by atoms with Crippen LogP contribution in [-0.4, -0.2) is 55.2 Å². The molecule has 0 aromatic heterocycles. The van der Waals surface area contributed by atoms with E-state index in [2.05, 4.69) is 17.4 Å². The third kappa shape index (κ3) is 6.92. The summed E-state index contributed by atoms with van der Waals surface area (Å²) in [4.78, 5) is 38.6. The van der Waals surface area contributed by atoms with Crippen LogP contribution < -0.4 is 5.32 Å². The molecule has 1 heterocycles. The van der Waals surface area contributed by atoms with Crippen LogP contribution in [0, 0.1) is 12.8 Å². The summed E-state index contributed by atoms with van der Waals surface area (Å²) in [6.45, 7) is 7.89. The lowest BCUT2D eigenvalue weighted by Gasteiger charge is -2.43. The minimum Gasteiger partial charge on any atom is -0.465 e. The molecule has 188 valence electrons. The van der Waals surface area contributed by atoms with Crippen LogP contribution in [0.2, 0.25) is 0 Å². The van der Waals surface area contributed by atoms with E-state index in [4.69, 9.17) is 9.47 Å². The van der Waals surface area contributed by atoms with Crippen LogP contribution >= 0.6 is 0 Å². The first kappa shape index (κ1) is 26.4. The molecule has 3 unspecified atom stereocenters. The first-order chi connectivity index (χ1) is 16.8. The number of ether oxygens (including phenoxy) is 2. The Hall–Kier alpha value is -3.19. The lowest BCUT2D eigenvalue weighted by atomic mass is 9.94. The minimum absolute atomic E-state index is 0.124. The molecule has 7 nitrogen and oxygen atoms in total. The number of quaternary nitrogens is 1. The number of carbonyl (C=O) groups excluding carboxylic acids is 3. The maximum atomic E-state index is 13.4. The highest BCUT2D eigenvalue weighted by Crippen LogP contribution is 2.29. The van der Waals surface area contributed by atoms with Crippen molar-refractivity contribution in [2.24, 2.45) is 5.92 Å². The number of rotatable bonds is 9. The van der Waals surface area contributed by atoms with Crippen molar-refractivity contribution >= 4 is 23.5 Å². The van der Waals surface area contributed by atoms with Crippen LogP contribution in [0.5, 0.6) is 0 Å². The Balaban J connectivity index is 1.85. The van der Waals surface area contributed by atoms with Gasteiger partial charge in [0.2, 0.25) is 0 Å². The molecule has 2 aromatic carbocycles. The SMILES string of the molecule is CCC(C)OC(=O)C1CCC[N+](CC(=O)Nc2c(C)cccc2C(=O)OC)(Cc2ccccc2)C1. The number of likely N-dealkylation sites (tertiary alicyclic amines) is 1. The molecule has 1 N–H and O–H groups in total. The van der Waals surface area contributed by atoms with Gasteiger partial charge in [0.05, 0.1) is 37.6 Å². The lowest BCUT2D eigenvalue weighted by Crippen LogP contribution is -2.58. The number of anilines is 1. The molecule has 1 saturated heterocycles. The number of aryl methyl sites for hydroxylation is 1. The van der Waals surface area contributed by atoms with E-state index in [1.54, 1.807) is 12.1 Å². The van der Waals surface area contributed by atoms with E-state index in [0.717, 1.165) is 36.9 Å². The fraction of sp³-hybridized carbons (Fsp3) is 0.464. The molecule has 1 aliphatic rings. The average molecular weight is 482 g/mol. The van der Waals surface area contributed by atoms with Crippen molar-refractivity contribution in [1.82, 2.24) is 0 Å². The van der Waals surface area contributed by atoms with Gasteiger partial charge in [0.25, 0.3) is 5.91 Å². The molecule has 0 saturated carbocycles. The summed E-state index contributed by atoms with van der Waals surface area (Å²) < 4.78 is 11.0. The smallest absolute Gasteiger partial charge is 0.339 e. The van der Waals surface area contributed by atoms with Crippen molar-refractivity contribution in [3.05, 3.63) is 65.2 Å². The van der Waals surface area contributed by atoms with Crippen molar-refractivity contribution in [3.63, 3.8) is 0 Å². The Kier molecular flexibility index (Phi) is 9.04. The summed E-state index contributed by atoms with van der Waals surface area (Å²) in [5, 5.41) is 2.97. The third-order valence-corrected chi connectivity index (χ3v) is 6.80. The zero-order valence-corrected chi connectivity index (χ0v) is 21.2. The quantitative estimate of drug-likeness (QED) is 0.422. The molecular formula is C28H37N2O5+. The highest BCUT2D eigenvalue weighted by atomic mass is 16.5. The molecule has 3 rings (SSSR count). The number of carbonyl (C=O) groups is 3. The highest BCUT2D eigenvalue weighted by Gasteiger charge is 2.41. The summed E-state index contributed by atoms with van der Waals surface area (Å²) >= 11 is 0. The van der Waals surface area contributed by atoms with E-state index in [9.17, 15) is 14.4 Å². The van der Waals surface area contributed by atoms with E-state index in [-0.39, 0.29) is 30.4 Å². The fourth-order valence-corrected chi connectivity index (χ4v) is 4.80. The molecular weight excluding hydrogens is 444 g/mol. The Labute approximate surface area is 208 Å². The second-order valence-corrected chi connectivity index (χ2v) is 9.58. The van der Waals surface area contributed by atoms with Gasteiger partial charge in [-0.05, 0) is 44.7 Å². The maximum absolute atomic E-state index is 13.4. The molecule has 3 atom stereocenters. The Bertz CT molecular complexity index is 1040. The number of nitrogens with one attached hydrogen (secondary N) is 1. The molecule has 0 spiro atoms. The predicted molar refractivity (Wildman–Crippen MR) is 135 cm³/mol. The van der Waals surface area contributed by atoms with Crippen molar-refractivity contribution in [1.29, 1.82) is 0 Å². The number of para-hydroxylation sites is 1. The number of methoxy groups -OCH3 is 1. The normalized spacial score (nSPS) is 20.5. The lowest BCUT2D eigenvalue weighted by molar-refractivity contribution is -0.940. The summed E-state index contributed by atoms with van der Waals surface area (Å²) in [6, 6.07) is 15.3. The Morgan fingerprint density at radius 1 is 1.11 bits per heavy atom. The van der Waals surface area contributed by atoms with Gasteiger partial charge < -0.3 is 19.3 Å². The predicted octanol–water partition coefficient (Wildman–Crippen LogP) is 4.49. The van der Waals surface area contributed by atoms with Gasteiger partial charge in [-0.25, -0.2) is 4.79 Å². The van der Waals surface area contributed by atoms with Gasteiger partial charge in [-0.2, -0.15) is 0 Å². The topological polar surface area (TPSA) is 81.7 Å². The molecule has 1 fully saturated rings. The van der Waals surface area contributed by atoms with Crippen molar-refractivity contribution in [3.8, 4) is 0 Å². The van der Waals surface area contributed by atoms with Gasteiger partial charge in [0.15, 0.2) is 6.54 Å². The Morgan fingerprint density at radius 2 is 1.86 bits per heavy atom. The van der Waals surface area contributed by atoms with Crippen LogP contribution in [0.4, 0.5) is 5.69 Å². The number of amides is 1. The molecule has 1 aliphatic heterocycles. The summed E-state index contributed by atoms with van der Waals surface area (Å²) in [7, 11) is 1.32. The van der Waals surface area contributed by atoms with Crippen LogP contribution in [0.1, 0.15) is 54.6 Å². The standard InChI is InChI=1S/C28H36N2O5/c1-5-21(3)35-27(32)23-14-10-16-30(18-23,17-22-12-7-6-8-13-22)19-25(31)29-26-20(2)11-9-15-24(26)28(33)34-4/h6-9,11-13,15,21,23H,5,10,14,16-19H2,1-4H3/p+1. The second-order valence-electron chi connectivity index (χ2n) is 9.58. The zero-order chi connectivity index (χ0) is 25.4. The van der Waals surface area contributed by atoms with Crippen LogP contribution in [0.25, 0.3) is 0 Å².